The van der Waals surface area contributed by atoms with E-state index in [0.29, 0.717) is 28.6 Å². The molecule has 4 heteroatoms. The topological polar surface area (TPSA) is 29.5 Å². The van der Waals surface area contributed by atoms with Crippen molar-refractivity contribution in [3.8, 4) is 5.75 Å². The molecule has 0 amide bonds. The van der Waals surface area contributed by atoms with Gasteiger partial charge in [0.15, 0.2) is 0 Å². The van der Waals surface area contributed by atoms with Crippen LogP contribution in [-0.4, -0.2) is 12.2 Å². The third-order valence-electron chi connectivity index (χ3n) is 2.44. The molecule has 1 aromatic carbocycles. The average Bonchev–Trinajstić information content (AvgIpc) is 2.84. The van der Waals surface area contributed by atoms with E-state index >= 15 is 0 Å². The van der Waals surface area contributed by atoms with E-state index in [0.717, 1.165) is 0 Å². The summed E-state index contributed by atoms with van der Waals surface area (Å²) in [5.74, 6) is 0.152. The fourth-order valence-electron chi connectivity index (χ4n) is 1.50. The van der Waals surface area contributed by atoms with Crippen LogP contribution in [0, 0.1) is 5.82 Å². The minimum atomic E-state index is -0.879. The number of halogens is 2. The standard InChI is InChI=1S/C10H10BrFO2/c1-14-9-7(10(13)2-3-10)4-6(12)5-8(9)11/h4-5,13H,2-3H2,1H3. The van der Waals surface area contributed by atoms with Crippen molar-refractivity contribution in [2.75, 3.05) is 7.11 Å². The van der Waals surface area contributed by atoms with Gasteiger partial charge in [0.1, 0.15) is 11.6 Å². The molecule has 0 radical (unpaired) electrons. The molecule has 1 fully saturated rings. The maximum atomic E-state index is 13.1. The quantitative estimate of drug-likeness (QED) is 0.886. The lowest BCUT2D eigenvalue weighted by Crippen LogP contribution is -2.07. The van der Waals surface area contributed by atoms with Crippen molar-refractivity contribution in [3.63, 3.8) is 0 Å². The first-order valence-corrected chi connectivity index (χ1v) is 5.12. The molecule has 0 heterocycles. The van der Waals surface area contributed by atoms with Gasteiger partial charge in [-0.15, -0.1) is 0 Å². The van der Waals surface area contributed by atoms with Crippen molar-refractivity contribution < 1.29 is 14.2 Å². The van der Waals surface area contributed by atoms with E-state index in [9.17, 15) is 9.50 Å². The number of hydrogen-bond acceptors (Lipinski definition) is 2. The Balaban J connectivity index is 2.56. The molecule has 76 valence electrons. The van der Waals surface area contributed by atoms with Gasteiger partial charge in [-0.1, -0.05) is 0 Å². The Bertz CT molecular complexity index is 375. The lowest BCUT2D eigenvalue weighted by molar-refractivity contribution is 0.146. The van der Waals surface area contributed by atoms with Gasteiger partial charge in [0, 0.05) is 5.56 Å². The molecule has 1 N–H and O–H groups in total. The minimum Gasteiger partial charge on any atom is -0.495 e. The minimum absolute atomic E-state index is 0.368. The third-order valence-corrected chi connectivity index (χ3v) is 3.03. The molecule has 0 bridgehead atoms. The monoisotopic (exact) mass is 260 g/mol. The van der Waals surface area contributed by atoms with Crippen LogP contribution in [0.15, 0.2) is 16.6 Å². The fourth-order valence-corrected chi connectivity index (χ4v) is 2.10. The Hall–Kier alpha value is -0.610. The molecule has 0 saturated heterocycles. The second kappa shape index (κ2) is 3.21. The van der Waals surface area contributed by atoms with E-state index in [1.54, 1.807) is 0 Å². The normalized spacial score (nSPS) is 18.0. The summed E-state index contributed by atoms with van der Waals surface area (Å²) in [4.78, 5) is 0. The number of methoxy groups -OCH3 is 1. The first kappa shape index (κ1) is 9.93. The summed E-state index contributed by atoms with van der Waals surface area (Å²) >= 11 is 3.20. The lowest BCUT2D eigenvalue weighted by atomic mass is 10.1. The summed E-state index contributed by atoms with van der Waals surface area (Å²) in [6.07, 6.45) is 1.33. The van der Waals surface area contributed by atoms with E-state index in [4.69, 9.17) is 4.74 Å². The third kappa shape index (κ3) is 1.53. The van der Waals surface area contributed by atoms with Crippen LogP contribution in [0.4, 0.5) is 4.39 Å². The van der Waals surface area contributed by atoms with Gasteiger partial charge in [-0.05, 0) is 40.9 Å². The van der Waals surface area contributed by atoms with Gasteiger partial charge in [-0.3, -0.25) is 0 Å². The van der Waals surface area contributed by atoms with Gasteiger partial charge in [-0.2, -0.15) is 0 Å². The van der Waals surface area contributed by atoms with Gasteiger partial charge in [-0.25, -0.2) is 4.39 Å². The first-order chi connectivity index (χ1) is 6.57. The Morgan fingerprint density at radius 1 is 1.50 bits per heavy atom. The molecule has 1 aliphatic carbocycles. The summed E-state index contributed by atoms with van der Waals surface area (Å²) in [6, 6.07) is 2.66. The Labute approximate surface area is 89.8 Å². The molecule has 14 heavy (non-hydrogen) atoms. The molecule has 2 nitrogen and oxygen atoms in total. The largest absolute Gasteiger partial charge is 0.495 e. The summed E-state index contributed by atoms with van der Waals surface area (Å²) in [7, 11) is 1.51. The van der Waals surface area contributed by atoms with Crippen LogP contribution in [0.3, 0.4) is 0 Å². The zero-order valence-electron chi connectivity index (χ0n) is 7.68. The Morgan fingerprint density at radius 3 is 2.64 bits per heavy atom. The molecular formula is C10H10BrFO2. The maximum Gasteiger partial charge on any atom is 0.139 e. The van der Waals surface area contributed by atoms with Crippen LogP contribution in [0.5, 0.6) is 5.75 Å². The highest BCUT2D eigenvalue weighted by atomic mass is 79.9. The van der Waals surface area contributed by atoms with Gasteiger partial charge < -0.3 is 9.84 Å². The van der Waals surface area contributed by atoms with E-state index in [-0.39, 0.29) is 5.82 Å². The van der Waals surface area contributed by atoms with Crippen molar-refractivity contribution in [1.29, 1.82) is 0 Å². The molecule has 1 aliphatic rings. The van der Waals surface area contributed by atoms with Gasteiger partial charge in [0.05, 0.1) is 17.2 Å². The lowest BCUT2D eigenvalue weighted by Gasteiger charge is -2.14. The molecule has 1 saturated carbocycles. The molecule has 2 rings (SSSR count). The first-order valence-electron chi connectivity index (χ1n) is 4.33. The zero-order valence-corrected chi connectivity index (χ0v) is 9.27. The van der Waals surface area contributed by atoms with E-state index in [1.165, 1.54) is 19.2 Å². The number of ether oxygens (including phenoxy) is 1. The predicted molar refractivity (Wildman–Crippen MR) is 53.8 cm³/mol. The van der Waals surface area contributed by atoms with Gasteiger partial charge in [0.25, 0.3) is 0 Å². The van der Waals surface area contributed by atoms with Crippen LogP contribution >= 0.6 is 15.9 Å². The molecule has 0 atom stereocenters. The smallest absolute Gasteiger partial charge is 0.139 e. The molecule has 0 unspecified atom stereocenters. The second-order valence-electron chi connectivity index (χ2n) is 3.50. The number of hydrogen-bond donors (Lipinski definition) is 1. The number of rotatable bonds is 2. The Morgan fingerprint density at radius 2 is 2.14 bits per heavy atom. The molecule has 0 aromatic heterocycles. The molecule has 0 aliphatic heterocycles. The highest BCUT2D eigenvalue weighted by Crippen LogP contribution is 2.50. The van der Waals surface area contributed by atoms with Crippen molar-refractivity contribution in [3.05, 3.63) is 28.0 Å². The van der Waals surface area contributed by atoms with Crippen LogP contribution in [0.2, 0.25) is 0 Å². The van der Waals surface area contributed by atoms with Crippen LogP contribution < -0.4 is 4.74 Å². The zero-order chi connectivity index (χ0) is 10.3. The highest BCUT2D eigenvalue weighted by Gasteiger charge is 2.45. The fraction of sp³-hybridized carbons (Fsp3) is 0.400. The molecular weight excluding hydrogens is 251 g/mol. The number of aliphatic hydroxyl groups is 1. The SMILES string of the molecule is COc1c(Br)cc(F)cc1C1(O)CC1. The van der Waals surface area contributed by atoms with Gasteiger partial charge >= 0.3 is 0 Å². The number of benzene rings is 1. The van der Waals surface area contributed by atoms with Crippen molar-refractivity contribution in [2.45, 2.75) is 18.4 Å². The Kier molecular flexibility index (Phi) is 2.27. The van der Waals surface area contributed by atoms with Crippen LogP contribution in [0.25, 0.3) is 0 Å². The summed E-state index contributed by atoms with van der Waals surface area (Å²) in [5, 5.41) is 9.89. The van der Waals surface area contributed by atoms with E-state index < -0.39 is 5.60 Å². The van der Waals surface area contributed by atoms with Crippen molar-refractivity contribution in [1.82, 2.24) is 0 Å². The van der Waals surface area contributed by atoms with Crippen LogP contribution in [0.1, 0.15) is 18.4 Å². The van der Waals surface area contributed by atoms with E-state index in [2.05, 4.69) is 15.9 Å². The van der Waals surface area contributed by atoms with Crippen molar-refractivity contribution >= 4 is 15.9 Å². The second-order valence-corrected chi connectivity index (χ2v) is 4.35. The van der Waals surface area contributed by atoms with Gasteiger partial charge in [0.2, 0.25) is 0 Å². The summed E-state index contributed by atoms with van der Waals surface area (Å²) in [6.45, 7) is 0. The maximum absolute atomic E-state index is 13.1. The van der Waals surface area contributed by atoms with Crippen LogP contribution in [-0.2, 0) is 5.60 Å². The predicted octanol–water partition coefficient (Wildman–Crippen LogP) is 2.58. The van der Waals surface area contributed by atoms with E-state index in [1.807, 2.05) is 0 Å². The summed E-state index contributed by atoms with van der Waals surface area (Å²) in [5.41, 5.74) is -0.345. The molecule has 1 aromatic rings. The average molecular weight is 261 g/mol. The summed E-state index contributed by atoms with van der Waals surface area (Å²) < 4.78 is 18.8. The molecule has 0 spiro atoms. The highest BCUT2D eigenvalue weighted by molar-refractivity contribution is 9.10. The van der Waals surface area contributed by atoms with Crippen molar-refractivity contribution in [2.24, 2.45) is 0 Å².